The number of hydrogen-bond acceptors (Lipinski definition) is 2. The van der Waals surface area contributed by atoms with Gasteiger partial charge in [0.25, 0.3) is 0 Å². The standard InChI is InChI=1S/C7H11NO/c1-5(2)7(9)6(3)4-8/h5,7,9H,3H2,1-2H3. The van der Waals surface area contributed by atoms with E-state index in [4.69, 9.17) is 10.4 Å². The van der Waals surface area contributed by atoms with Crippen LogP contribution in [0, 0.1) is 17.2 Å². The Morgan fingerprint density at radius 2 is 2.11 bits per heavy atom. The van der Waals surface area contributed by atoms with Gasteiger partial charge in [-0.3, -0.25) is 0 Å². The topological polar surface area (TPSA) is 44.0 Å². The van der Waals surface area contributed by atoms with Crippen LogP contribution in [0.15, 0.2) is 12.2 Å². The maximum Gasteiger partial charge on any atom is 0.0968 e. The van der Waals surface area contributed by atoms with Gasteiger partial charge in [0.05, 0.1) is 17.7 Å². The van der Waals surface area contributed by atoms with E-state index in [2.05, 4.69) is 6.58 Å². The van der Waals surface area contributed by atoms with Gasteiger partial charge in [-0.15, -0.1) is 0 Å². The van der Waals surface area contributed by atoms with Crippen molar-refractivity contribution >= 4 is 0 Å². The first-order chi connectivity index (χ1) is 4.09. The molecule has 50 valence electrons. The van der Waals surface area contributed by atoms with Crippen LogP contribution in [0.1, 0.15) is 13.8 Å². The third-order valence-corrected chi connectivity index (χ3v) is 1.13. The SMILES string of the molecule is C=C(C#N)C(O)C(C)C. The molecule has 9 heavy (non-hydrogen) atoms. The second-order valence-electron chi connectivity index (χ2n) is 2.33. The fraction of sp³-hybridized carbons (Fsp3) is 0.571. The van der Waals surface area contributed by atoms with E-state index < -0.39 is 6.10 Å². The fourth-order valence-electron chi connectivity index (χ4n) is 0.469. The van der Waals surface area contributed by atoms with Crippen LogP contribution in [0.3, 0.4) is 0 Å². The molecule has 0 saturated heterocycles. The molecule has 2 heteroatoms. The first-order valence-electron chi connectivity index (χ1n) is 2.86. The van der Waals surface area contributed by atoms with Crippen LogP contribution in [0.5, 0.6) is 0 Å². The molecule has 1 unspecified atom stereocenters. The average molecular weight is 125 g/mol. The van der Waals surface area contributed by atoms with E-state index in [1.807, 2.05) is 13.8 Å². The Hall–Kier alpha value is -0.810. The molecule has 1 N–H and O–H groups in total. The lowest BCUT2D eigenvalue weighted by Gasteiger charge is -2.10. The van der Waals surface area contributed by atoms with Crippen molar-refractivity contribution < 1.29 is 5.11 Å². The molecule has 0 aliphatic heterocycles. The maximum absolute atomic E-state index is 9.07. The molecular weight excluding hydrogens is 114 g/mol. The van der Waals surface area contributed by atoms with Crippen LogP contribution >= 0.6 is 0 Å². The Morgan fingerprint density at radius 1 is 1.67 bits per heavy atom. The van der Waals surface area contributed by atoms with Gasteiger partial charge in [-0.1, -0.05) is 20.4 Å². The molecule has 0 heterocycles. The van der Waals surface area contributed by atoms with E-state index >= 15 is 0 Å². The second-order valence-corrected chi connectivity index (χ2v) is 2.33. The highest BCUT2D eigenvalue weighted by atomic mass is 16.3. The van der Waals surface area contributed by atoms with Gasteiger partial charge in [-0.25, -0.2) is 0 Å². The molecule has 0 aromatic carbocycles. The quantitative estimate of drug-likeness (QED) is 0.561. The van der Waals surface area contributed by atoms with E-state index in [1.165, 1.54) is 0 Å². The van der Waals surface area contributed by atoms with E-state index in [-0.39, 0.29) is 11.5 Å². The Morgan fingerprint density at radius 3 is 2.22 bits per heavy atom. The van der Waals surface area contributed by atoms with Gasteiger partial charge in [-0.2, -0.15) is 5.26 Å². The molecule has 0 aromatic rings. The molecule has 0 fully saturated rings. The smallest absolute Gasteiger partial charge is 0.0968 e. The summed E-state index contributed by atoms with van der Waals surface area (Å²) in [6, 6.07) is 1.80. The van der Waals surface area contributed by atoms with E-state index in [1.54, 1.807) is 6.07 Å². The highest BCUT2D eigenvalue weighted by molar-refractivity contribution is 5.20. The molecular formula is C7H11NO. The normalized spacial score (nSPS) is 12.8. The van der Waals surface area contributed by atoms with Gasteiger partial charge in [-0.05, 0) is 5.92 Å². The molecule has 0 saturated carbocycles. The lowest BCUT2D eigenvalue weighted by Crippen LogP contribution is -2.15. The second kappa shape index (κ2) is 3.26. The summed E-state index contributed by atoms with van der Waals surface area (Å²) in [7, 11) is 0. The third-order valence-electron chi connectivity index (χ3n) is 1.13. The Labute approximate surface area is 55.4 Å². The summed E-state index contributed by atoms with van der Waals surface area (Å²) in [4.78, 5) is 0. The van der Waals surface area contributed by atoms with Crippen molar-refractivity contribution in [2.75, 3.05) is 0 Å². The Bertz CT molecular complexity index is 143. The molecule has 1 atom stereocenters. The molecule has 2 nitrogen and oxygen atoms in total. The number of nitrogens with zero attached hydrogens (tertiary/aromatic N) is 1. The average Bonchev–Trinajstić information content (AvgIpc) is 1.84. The molecule has 0 amide bonds. The van der Waals surface area contributed by atoms with Crippen molar-refractivity contribution in [3.8, 4) is 6.07 Å². The highest BCUT2D eigenvalue weighted by Crippen LogP contribution is 2.08. The van der Waals surface area contributed by atoms with E-state index in [0.29, 0.717) is 0 Å². The molecule has 0 rings (SSSR count). The number of rotatable bonds is 2. The predicted molar refractivity (Wildman–Crippen MR) is 35.6 cm³/mol. The summed E-state index contributed by atoms with van der Waals surface area (Å²) in [6.07, 6.45) is -0.671. The van der Waals surface area contributed by atoms with Crippen LogP contribution in [0.25, 0.3) is 0 Å². The first kappa shape index (κ1) is 8.19. The highest BCUT2D eigenvalue weighted by Gasteiger charge is 2.11. The minimum atomic E-state index is -0.671. The molecule has 0 bridgehead atoms. The zero-order chi connectivity index (χ0) is 7.44. The zero-order valence-electron chi connectivity index (χ0n) is 5.76. The third kappa shape index (κ3) is 2.29. The summed E-state index contributed by atoms with van der Waals surface area (Å²) >= 11 is 0. The largest absolute Gasteiger partial charge is 0.387 e. The van der Waals surface area contributed by atoms with E-state index in [9.17, 15) is 0 Å². The molecule has 0 aliphatic carbocycles. The van der Waals surface area contributed by atoms with Gasteiger partial charge >= 0.3 is 0 Å². The summed E-state index contributed by atoms with van der Waals surface area (Å²) in [5.41, 5.74) is 0.241. The van der Waals surface area contributed by atoms with Crippen LogP contribution in [0.4, 0.5) is 0 Å². The minimum absolute atomic E-state index is 0.0807. The number of aliphatic hydroxyl groups is 1. The number of nitriles is 1. The molecule has 0 spiro atoms. The van der Waals surface area contributed by atoms with Gasteiger partial charge in [0, 0.05) is 0 Å². The Kier molecular flexibility index (Phi) is 2.97. The van der Waals surface area contributed by atoms with Crippen LogP contribution in [-0.2, 0) is 0 Å². The molecule has 0 aliphatic rings. The van der Waals surface area contributed by atoms with Crippen molar-refractivity contribution in [3.63, 3.8) is 0 Å². The number of aliphatic hydroxyl groups excluding tert-OH is 1. The van der Waals surface area contributed by atoms with Gasteiger partial charge in [0.1, 0.15) is 0 Å². The van der Waals surface area contributed by atoms with Crippen LogP contribution in [0.2, 0.25) is 0 Å². The number of hydrogen-bond donors (Lipinski definition) is 1. The fourth-order valence-corrected chi connectivity index (χ4v) is 0.469. The lowest BCUT2D eigenvalue weighted by atomic mass is 10.0. The Balaban J connectivity index is 3.92. The molecule has 0 radical (unpaired) electrons. The van der Waals surface area contributed by atoms with Crippen molar-refractivity contribution in [1.82, 2.24) is 0 Å². The lowest BCUT2D eigenvalue weighted by molar-refractivity contribution is 0.165. The summed E-state index contributed by atoms with van der Waals surface area (Å²) in [6.45, 7) is 7.06. The van der Waals surface area contributed by atoms with Crippen molar-refractivity contribution in [1.29, 1.82) is 5.26 Å². The summed E-state index contributed by atoms with van der Waals surface area (Å²) < 4.78 is 0. The minimum Gasteiger partial charge on any atom is -0.387 e. The van der Waals surface area contributed by atoms with Crippen molar-refractivity contribution in [2.24, 2.45) is 5.92 Å². The maximum atomic E-state index is 9.07. The monoisotopic (exact) mass is 125 g/mol. The van der Waals surface area contributed by atoms with Gasteiger partial charge in [0.2, 0.25) is 0 Å². The van der Waals surface area contributed by atoms with Crippen LogP contribution in [-0.4, -0.2) is 11.2 Å². The van der Waals surface area contributed by atoms with Crippen molar-refractivity contribution in [3.05, 3.63) is 12.2 Å². The van der Waals surface area contributed by atoms with Crippen molar-refractivity contribution in [2.45, 2.75) is 20.0 Å². The van der Waals surface area contributed by atoms with Gasteiger partial charge < -0.3 is 5.11 Å². The van der Waals surface area contributed by atoms with Crippen LogP contribution < -0.4 is 0 Å². The predicted octanol–water partition coefficient (Wildman–Crippen LogP) is 1.08. The molecule has 0 aromatic heterocycles. The van der Waals surface area contributed by atoms with Gasteiger partial charge in [0.15, 0.2) is 0 Å². The first-order valence-corrected chi connectivity index (χ1v) is 2.86. The summed E-state index contributed by atoms with van der Waals surface area (Å²) in [5, 5.41) is 17.3. The van der Waals surface area contributed by atoms with E-state index in [0.717, 1.165) is 0 Å². The summed E-state index contributed by atoms with van der Waals surface area (Å²) in [5.74, 6) is 0.0807. The zero-order valence-corrected chi connectivity index (χ0v) is 5.76.